The van der Waals surface area contributed by atoms with Gasteiger partial charge in [0, 0.05) is 19.1 Å². The van der Waals surface area contributed by atoms with Gasteiger partial charge in [-0.15, -0.1) is 0 Å². The molecule has 1 saturated heterocycles. The van der Waals surface area contributed by atoms with Gasteiger partial charge < -0.3 is 5.11 Å². The maximum absolute atomic E-state index is 10.0. The van der Waals surface area contributed by atoms with E-state index in [1.54, 1.807) is 0 Å². The molecule has 0 aliphatic carbocycles. The molecule has 1 aliphatic heterocycles. The third-order valence-electron chi connectivity index (χ3n) is 1.60. The van der Waals surface area contributed by atoms with Crippen LogP contribution in [0.5, 0.6) is 0 Å². The van der Waals surface area contributed by atoms with Crippen molar-refractivity contribution in [1.29, 1.82) is 0 Å². The molecule has 1 rings (SSSR count). The Morgan fingerprint density at radius 1 is 1.89 bits per heavy atom. The van der Waals surface area contributed by atoms with E-state index >= 15 is 0 Å². The molecule has 52 valence electrons. The third-order valence-corrected chi connectivity index (χ3v) is 1.60. The lowest BCUT2D eigenvalue weighted by molar-refractivity contribution is -0.137. The number of carboxylic acids is 1. The van der Waals surface area contributed by atoms with Crippen LogP contribution in [-0.2, 0) is 4.79 Å². The Morgan fingerprint density at radius 3 is 2.78 bits per heavy atom. The second kappa shape index (κ2) is 2.35. The highest BCUT2D eigenvalue weighted by Gasteiger charge is 2.28. The van der Waals surface area contributed by atoms with Crippen molar-refractivity contribution in [3.63, 3.8) is 0 Å². The lowest BCUT2D eigenvalue weighted by atomic mass is 10.4. The zero-order chi connectivity index (χ0) is 6.85. The molecular weight excluding hydrogens is 118 g/mol. The van der Waals surface area contributed by atoms with Crippen LogP contribution >= 0.6 is 0 Å². The quantitative estimate of drug-likeness (QED) is 0.552. The van der Waals surface area contributed by atoms with Crippen LogP contribution in [0.1, 0.15) is 13.3 Å². The molecule has 0 bridgehead atoms. The van der Waals surface area contributed by atoms with Crippen LogP contribution in [0.25, 0.3) is 0 Å². The lowest BCUT2D eigenvalue weighted by Gasteiger charge is -1.95. The Balaban J connectivity index is 2.00. The van der Waals surface area contributed by atoms with Gasteiger partial charge in [-0.1, -0.05) is 0 Å². The second-order valence-electron chi connectivity index (χ2n) is 2.49. The second-order valence-corrected chi connectivity index (χ2v) is 2.49. The zero-order valence-corrected chi connectivity index (χ0v) is 5.50. The van der Waals surface area contributed by atoms with Gasteiger partial charge in [-0.2, -0.15) is 0 Å². The first-order chi connectivity index (χ1) is 4.20. The van der Waals surface area contributed by atoms with Gasteiger partial charge in [0.15, 0.2) is 0 Å². The molecule has 0 aromatic heterocycles. The summed E-state index contributed by atoms with van der Waals surface area (Å²) < 4.78 is 0. The predicted molar refractivity (Wildman–Crippen MR) is 33.3 cm³/mol. The van der Waals surface area contributed by atoms with E-state index in [2.05, 4.69) is 11.8 Å². The maximum atomic E-state index is 10.0. The number of nitrogens with zero attached hydrogens (tertiary/aromatic N) is 1. The van der Waals surface area contributed by atoms with E-state index in [-0.39, 0.29) is 6.42 Å². The number of aliphatic carboxylic acids is 1. The zero-order valence-electron chi connectivity index (χ0n) is 5.50. The predicted octanol–water partition coefficient (Wildman–Crippen LogP) is 0.165. The van der Waals surface area contributed by atoms with E-state index in [0.717, 1.165) is 13.1 Å². The van der Waals surface area contributed by atoms with Crippen LogP contribution in [0.3, 0.4) is 0 Å². The number of carboxylic acid groups (broad SMARTS) is 1. The maximum Gasteiger partial charge on any atom is 0.304 e. The van der Waals surface area contributed by atoms with Crippen LogP contribution in [0.2, 0.25) is 0 Å². The van der Waals surface area contributed by atoms with E-state index in [1.807, 2.05) is 0 Å². The topological polar surface area (TPSA) is 40.3 Å². The largest absolute Gasteiger partial charge is 0.481 e. The molecule has 1 aliphatic rings. The van der Waals surface area contributed by atoms with E-state index in [0.29, 0.717) is 6.04 Å². The van der Waals surface area contributed by atoms with Crippen molar-refractivity contribution in [2.75, 3.05) is 13.1 Å². The Hall–Kier alpha value is -0.570. The van der Waals surface area contributed by atoms with Crippen LogP contribution in [0, 0.1) is 0 Å². The van der Waals surface area contributed by atoms with Crippen LogP contribution in [0.15, 0.2) is 0 Å². The summed E-state index contributed by atoms with van der Waals surface area (Å²) in [4.78, 5) is 12.1. The molecule has 0 amide bonds. The van der Waals surface area contributed by atoms with Crippen molar-refractivity contribution < 1.29 is 9.90 Å². The highest BCUT2D eigenvalue weighted by atomic mass is 16.4. The first-order valence-corrected chi connectivity index (χ1v) is 3.16. The number of hydrogen-bond donors (Lipinski definition) is 1. The fraction of sp³-hybridized carbons (Fsp3) is 0.833. The normalized spacial score (nSPS) is 32.1. The van der Waals surface area contributed by atoms with E-state index < -0.39 is 5.97 Å². The Bertz CT molecular complexity index is 124. The van der Waals surface area contributed by atoms with E-state index in [9.17, 15) is 4.79 Å². The monoisotopic (exact) mass is 129 g/mol. The molecule has 0 aromatic rings. The summed E-state index contributed by atoms with van der Waals surface area (Å²) in [5, 5.41) is 8.25. The summed E-state index contributed by atoms with van der Waals surface area (Å²) in [7, 11) is 0. The Kier molecular flexibility index (Phi) is 1.71. The average Bonchev–Trinajstić information content (AvgIpc) is 2.42. The summed E-state index contributed by atoms with van der Waals surface area (Å²) in [5.41, 5.74) is 0. The lowest BCUT2D eigenvalue weighted by Crippen LogP contribution is -2.07. The first kappa shape index (κ1) is 6.55. The summed E-state index contributed by atoms with van der Waals surface area (Å²) in [6, 6.07) is 0.629. The summed E-state index contributed by atoms with van der Waals surface area (Å²) >= 11 is 0. The molecule has 0 saturated carbocycles. The molecule has 0 spiro atoms. The number of carbonyl (C=O) groups is 1. The van der Waals surface area contributed by atoms with Gasteiger partial charge in [0.05, 0.1) is 6.42 Å². The van der Waals surface area contributed by atoms with Crippen molar-refractivity contribution in [2.45, 2.75) is 19.4 Å². The molecule has 3 heteroatoms. The average molecular weight is 129 g/mol. The van der Waals surface area contributed by atoms with Crippen LogP contribution in [-0.4, -0.2) is 35.1 Å². The van der Waals surface area contributed by atoms with Gasteiger partial charge in [0.1, 0.15) is 0 Å². The fourth-order valence-corrected chi connectivity index (χ4v) is 0.843. The highest BCUT2D eigenvalue weighted by Crippen LogP contribution is 2.15. The van der Waals surface area contributed by atoms with Crippen molar-refractivity contribution in [3.8, 4) is 0 Å². The smallest absolute Gasteiger partial charge is 0.304 e. The summed E-state index contributed by atoms with van der Waals surface area (Å²) in [5.74, 6) is -0.700. The van der Waals surface area contributed by atoms with E-state index in [4.69, 9.17) is 5.11 Å². The summed E-state index contributed by atoms with van der Waals surface area (Å²) in [6.45, 7) is 3.89. The van der Waals surface area contributed by atoms with Crippen molar-refractivity contribution >= 4 is 5.97 Å². The molecule has 3 nitrogen and oxygen atoms in total. The minimum atomic E-state index is -0.700. The number of hydrogen-bond acceptors (Lipinski definition) is 2. The minimum absolute atomic E-state index is 0.282. The van der Waals surface area contributed by atoms with Crippen LogP contribution in [0.4, 0.5) is 0 Å². The van der Waals surface area contributed by atoms with E-state index in [1.165, 1.54) is 0 Å². The standard InChI is InChI=1S/C6H11NO2/c1-5-4-7(5)3-2-6(8)9/h5H,2-4H2,1H3,(H,8,9). The van der Waals surface area contributed by atoms with Gasteiger partial charge >= 0.3 is 5.97 Å². The summed E-state index contributed by atoms with van der Waals surface area (Å²) in [6.07, 6.45) is 0.282. The first-order valence-electron chi connectivity index (χ1n) is 3.16. The molecule has 1 fully saturated rings. The van der Waals surface area contributed by atoms with Gasteiger partial charge in [-0.05, 0) is 6.92 Å². The van der Waals surface area contributed by atoms with Crippen molar-refractivity contribution in [3.05, 3.63) is 0 Å². The molecule has 1 N–H and O–H groups in total. The highest BCUT2D eigenvalue weighted by molar-refractivity contribution is 5.66. The van der Waals surface area contributed by atoms with Crippen molar-refractivity contribution in [2.24, 2.45) is 0 Å². The molecule has 2 unspecified atom stereocenters. The molecule has 0 aromatic carbocycles. The third kappa shape index (κ3) is 2.01. The van der Waals surface area contributed by atoms with Gasteiger partial charge in [-0.3, -0.25) is 9.69 Å². The fourth-order valence-electron chi connectivity index (χ4n) is 0.843. The minimum Gasteiger partial charge on any atom is -0.481 e. The SMILES string of the molecule is CC1CN1CCC(=O)O. The van der Waals surface area contributed by atoms with Gasteiger partial charge in [0.25, 0.3) is 0 Å². The Labute approximate surface area is 54.3 Å². The molecule has 2 atom stereocenters. The van der Waals surface area contributed by atoms with Gasteiger partial charge in [0.2, 0.25) is 0 Å². The Morgan fingerprint density at radius 2 is 2.44 bits per heavy atom. The number of rotatable bonds is 3. The molecule has 0 radical (unpaired) electrons. The molecule has 1 heterocycles. The van der Waals surface area contributed by atoms with Gasteiger partial charge in [-0.25, -0.2) is 0 Å². The van der Waals surface area contributed by atoms with Crippen LogP contribution < -0.4 is 0 Å². The van der Waals surface area contributed by atoms with Crippen molar-refractivity contribution in [1.82, 2.24) is 4.90 Å². The molecule has 9 heavy (non-hydrogen) atoms. The molecular formula is C6H11NO2.